The maximum atomic E-state index is 12.4. The summed E-state index contributed by atoms with van der Waals surface area (Å²) in [4.78, 5) is 0. The van der Waals surface area contributed by atoms with Gasteiger partial charge in [-0.1, -0.05) is 114 Å². The van der Waals surface area contributed by atoms with Crippen molar-refractivity contribution in [2.45, 2.75) is 76.2 Å². The molecule has 0 spiro atoms. The zero-order valence-corrected chi connectivity index (χ0v) is 56.2. The molecule has 0 bridgehead atoms. The Morgan fingerprint density at radius 1 is 0.202 bits per heavy atom. The molecule has 0 aromatic heterocycles. The molecule has 0 radical (unpaired) electrons. The molecule has 0 atom stereocenters. The second-order valence-electron chi connectivity index (χ2n) is 21.1. The Bertz CT molecular complexity index is 4320. The van der Waals surface area contributed by atoms with E-state index in [0.29, 0.717) is 39.9 Å². The lowest BCUT2D eigenvalue weighted by Crippen LogP contribution is -1.89. The third kappa shape index (κ3) is 36.5. The number of benzene rings is 11. The topological polar surface area (TPSA) is 119 Å². The molecule has 0 saturated carbocycles. The van der Waals surface area contributed by atoms with Gasteiger partial charge in [-0.2, -0.15) is 26.3 Å². The molecule has 0 aliphatic carbocycles. The number of nitriles is 5. The number of hydrogen-bond donors (Lipinski definition) is 0. The predicted octanol–water partition coefficient (Wildman–Crippen LogP) is 23.0. The molecule has 0 aliphatic rings. The van der Waals surface area contributed by atoms with Gasteiger partial charge in [-0.25, -0.2) is 52.7 Å². The maximum Gasteiger partial charge on any atom is 0.131 e. The predicted molar refractivity (Wildman–Crippen MR) is 366 cm³/mol. The molecule has 11 rings (SSSR count). The van der Waals surface area contributed by atoms with Crippen LogP contribution in [0.5, 0.6) is 0 Å². The lowest BCUT2D eigenvalue weighted by molar-refractivity contribution is 0.532. The van der Waals surface area contributed by atoms with E-state index in [9.17, 15) is 52.7 Å². The summed E-state index contributed by atoms with van der Waals surface area (Å²) in [5, 5.41) is 42.4. The Morgan fingerprint density at radius 2 is 0.566 bits per heavy atom. The summed E-state index contributed by atoms with van der Waals surface area (Å²) in [6.07, 6.45) is 0. The van der Waals surface area contributed by atoms with E-state index in [1.54, 1.807) is 82.3 Å². The van der Waals surface area contributed by atoms with Gasteiger partial charge in [0.05, 0.1) is 58.2 Å². The molecule has 0 fully saturated rings. The highest BCUT2D eigenvalue weighted by molar-refractivity contribution is 5.47. The Kier molecular flexibility index (Phi) is 40.4. The van der Waals surface area contributed by atoms with E-state index in [1.807, 2.05) is 126 Å². The van der Waals surface area contributed by atoms with Gasteiger partial charge < -0.3 is 0 Å². The molecule has 11 aromatic carbocycles. The fourth-order valence-corrected chi connectivity index (χ4v) is 7.06. The normalized spacial score (nSPS) is 9.11. The summed E-state index contributed by atoms with van der Waals surface area (Å²) < 4.78 is 147. The van der Waals surface area contributed by atoms with Crippen LogP contribution >= 0.6 is 0 Å². The second kappa shape index (κ2) is 47.0. The van der Waals surface area contributed by atoms with Crippen molar-refractivity contribution < 1.29 is 52.7 Å². The lowest BCUT2D eigenvalue weighted by atomic mass is 10.0. The molecule has 0 unspecified atom stereocenters. The van der Waals surface area contributed by atoms with Crippen molar-refractivity contribution >= 4 is 0 Å². The SMILES string of the molecule is Cc1c(C#N)cccc1C#N.Cc1c(F)cc(F)cc1F.Cc1c(F)cccc1F.Cc1cc(F)cc(F)c1.Cc1ccc(C#N)cc1.Cc1ccc(F)cc1.Cc1ccc(F)cc1F.Cc1cccc(C#N)c1.Cc1cccc(F)c1.Cc1ccccc1C#N.Cc1ccccc1F. The van der Waals surface area contributed by atoms with Crippen molar-refractivity contribution in [2.24, 2.45) is 0 Å². The van der Waals surface area contributed by atoms with Crippen LogP contribution in [0.3, 0.4) is 0 Å². The summed E-state index contributed by atoms with van der Waals surface area (Å²) in [7, 11) is 0. The Morgan fingerprint density at radius 3 is 0.929 bits per heavy atom. The van der Waals surface area contributed by atoms with E-state index in [1.165, 1.54) is 92.2 Å². The van der Waals surface area contributed by atoms with E-state index in [2.05, 4.69) is 18.2 Å². The first-order valence-electron chi connectivity index (χ1n) is 29.7. The Hall–Kier alpha value is -12.0. The fraction of sp³-hybridized carbons (Fsp3) is 0.134. The number of halogens is 12. The van der Waals surface area contributed by atoms with Gasteiger partial charge in [-0.3, -0.25) is 0 Å². The van der Waals surface area contributed by atoms with Crippen molar-refractivity contribution in [1.29, 1.82) is 26.3 Å². The number of hydrogen-bond acceptors (Lipinski definition) is 5. The van der Waals surface area contributed by atoms with Crippen molar-refractivity contribution in [2.75, 3.05) is 0 Å². The molecule has 0 saturated heterocycles. The minimum absolute atomic E-state index is 0.0810. The first kappa shape index (κ1) is 85.0. The molecule has 0 aliphatic heterocycles. The monoisotopic (exact) mass is 1350 g/mol. The van der Waals surface area contributed by atoms with Gasteiger partial charge >= 0.3 is 0 Å². The van der Waals surface area contributed by atoms with Gasteiger partial charge in [0.1, 0.15) is 69.8 Å². The Labute approximate surface area is 572 Å². The molecule has 0 amide bonds. The molecule has 99 heavy (non-hydrogen) atoms. The molecular weight excluding hydrogens is 1280 g/mol. The van der Waals surface area contributed by atoms with Crippen LogP contribution in [0, 0.1) is 203 Å². The van der Waals surface area contributed by atoms with E-state index in [-0.39, 0.29) is 28.6 Å². The molecule has 0 heterocycles. The molecule has 508 valence electrons. The minimum atomic E-state index is -0.888. The quantitative estimate of drug-likeness (QED) is 0.140. The van der Waals surface area contributed by atoms with Gasteiger partial charge in [-0.15, -0.1) is 0 Å². The first-order chi connectivity index (χ1) is 46.9. The molecule has 5 nitrogen and oxygen atoms in total. The first-order valence-corrected chi connectivity index (χ1v) is 29.7. The fourth-order valence-electron chi connectivity index (χ4n) is 7.06. The third-order valence-corrected chi connectivity index (χ3v) is 12.8. The van der Waals surface area contributed by atoms with E-state index < -0.39 is 52.4 Å². The van der Waals surface area contributed by atoms with Crippen LogP contribution in [-0.4, -0.2) is 0 Å². The van der Waals surface area contributed by atoms with E-state index in [0.717, 1.165) is 56.6 Å². The number of nitrogens with zero attached hydrogens (tertiary/aromatic N) is 5. The van der Waals surface area contributed by atoms with Crippen molar-refractivity contribution in [1.82, 2.24) is 0 Å². The molecule has 17 heteroatoms. The molecule has 11 aromatic rings. The van der Waals surface area contributed by atoms with E-state index in [4.69, 9.17) is 26.3 Å². The van der Waals surface area contributed by atoms with Crippen molar-refractivity contribution in [3.8, 4) is 30.3 Å². The van der Waals surface area contributed by atoms with Crippen LogP contribution in [0.1, 0.15) is 89.0 Å². The highest BCUT2D eigenvalue weighted by Crippen LogP contribution is 2.15. The maximum absolute atomic E-state index is 12.4. The van der Waals surface area contributed by atoms with Crippen LogP contribution in [0.2, 0.25) is 0 Å². The molecule has 0 N–H and O–H groups in total. The average Bonchev–Trinajstić information content (AvgIpc) is 0.970. The standard InChI is InChI=1S/C9H6N2.3C8H7N.C7H5F3.3C7H6F2.3C7H7F/c1-7-8(5-10)3-2-4-9(7)6-11;1-7-2-4-8(6-9)5-3-7;1-7-3-2-4-8(5-7)6-9;1-7-4-2-3-5-8(7)6-9;1-4-6(9)2-5(8)3-7(4)10;1-5-2-6(8)4-7(9)3-5;1-5-2-3-6(8)4-7(5)9;1-5-6(8)3-2-4-7(5)9;1-6-2-4-7(8)5-3-6;1-6-3-2-4-7(8)5-6;1-6-4-2-3-5-7(6)8/h2-4H,1H3;3*2-5H,1H3;2-3H,1H3;3*2-4H,1H3;3*2-5H,1H3. The van der Waals surface area contributed by atoms with E-state index >= 15 is 0 Å². The van der Waals surface area contributed by atoms with Crippen LogP contribution in [0.4, 0.5) is 52.7 Å². The average molecular weight is 1350 g/mol. The van der Waals surface area contributed by atoms with Gasteiger partial charge in [-0.05, 0) is 218 Å². The minimum Gasteiger partial charge on any atom is -0.207 e. The van der Waals surface area contributed by atoms with Crippen molar-refractivity contribution in [3.63, 3.8) is 0 Å². The Balaban J connectivity index is 0.000000545. The van der Waals surface area contributed by atoms with Crippen LogP contribution < -0.4 is 0 Å². The number of aryl methyl sites for hydroxylation is 8. The zero-order valence-electron chi connectivity index (χ0n) is 56.2. The van der Waals surface area contributed by atoms with Gasteiger partial charge in [0.15, 0.2) is 0 Å². The largest absolute Gasteiger partial charge is 0.207 e. The van der Waals surface area contributed by atoms with Gasteiger partial charge in [0.25, 0.3) is 0 Å². The highest BCUT2D eigenvalue weighted by atomic mass is 19.2. The molecular formula is C82H71F12N5. The second-order valence-corrected chi connectivity index (χ2v) is 21.1. The van der Waals surface area contributed by atoms with Crippen molar-refractivity contribution in [3.05, 3.63) is 389 Å². The smallest absolute Gasteiger partial charge is 0.131 e. The van der Waals surface area contributed by atoms with Gasteiger partial charge in [0, 0.05) is 35.4 Å². The zero-order chi connectivity index (χ0) is 74.6. The van der Waals surface area contributed by atoms with Crippen LogP contribution in [0.15, 0.2) is 231 Å². The van der Waals surface area contributed by atoms with Crippen LogP contribution in [-0.2, 0) is 0 Å². The van der Waals surface area contributed by atoms with Crippen LogP contribution in [0.25, 0.3) is 0 Å². The van der Waals surface area contributed by atoms with Gasteiger partial charge in [0.2, 0.25) is 0 Å². The third-order valence-electron chi connectivity index (χ3n) is 12.8. The lowest BCUT2D eigenvalue weighted by Gasteiger charge is -1.96. The number of rotatable bonds is 0. The highest BCUT2D eigenvalue weighted by Gasteiger charge is 2.06. The summed E-state index contributed by atoms with van der Waals surface area (Å²) >= 11 is 0. The summed E-state index contributed by atoms with van der Waals surface area (Å²) in [6.45, 7) is 19.1. The summed E-state index contributed by atoms with van der Waals surface area (Å²) in [5.74, 6) is -6.10. The summed E-state index contributed by atoms with van der Waals surface area (Å²) in [5.41, 5.74) is 11.2. The summed E-state index contributed by atoms with van der Waals surface area (Å²) in [6, 6.07) is 69.6.